The largest absolute Gasteiger partial charge is 0.381 e. The highest BCUT2D eigenvalue weighted by atomic mass is 32.1. The summed E-state index contributed by atoms with van der Waals surface area (Å²) in [4.78, 5) is 12.8. The lowest BCUT2D eigenvalue weighted by atomic mass is 10.0. The quantitative estimate of drug-likeness (QED) is 0.817. The minimum atomic E-state index is -0.0245. The number of nitrogens with two attached hydrogens (primary N) is 1. The molecule has 0 aliphatic carbocycles. The molecule has 1 aliphatic heterocycles. The average Bonchev–Trinajstić information content (AvgIpc) is 2.92. The lowest BCUT2D eigenvalue weighted by Gasteiger charge is -2.21. The van der Waals surface area contributed by atoms with E-state index in [0.717, 1.165) is 37.5 Å². The van der Waals surface area contributed by atoms with E-state index in [1.807, 2.05) is 11.4 Å². The molecule has 1 aromatic heterocycles. The molecule has 19 heavy (non-hydrogen) atoms. The Morgan fingerprint density at radius 1 is 1.53 bits per heavy atom. The number of rotatable bonds is 3. The molecular formula is C14H18N2O2S. The first-order valence-electron chi connectivity index (χ1n) is 6.43. The Hall–Kier alpha value is -1.35. The maximum atomic E-state index is 12.0. The molecule has 0 saturated carbocycles. The zero-order valence-corrected chi connectivity index (χ0v) is 11.6. The Kier molecular flexibility index (Phi) is 5.40. The third-order valence-corrected chi connectivity index (χ3v) is 3.91. The van der Waals surface area contributed by atoms with Crippen LogP contribution in [0.3, 0.4) is 0 Å². The van der Waals surface area contributed by atoms with Gasteiger partial charge in [0.1, 0.15) is 0 Å². The molecule has 0 aromatic carbocycles. The molecule has 1 fully saturated rings. The number of carbonyl (C=O) groups is 1. The third kappa shape index (κ3) is 4.35. The van der Waals surface area contributed by atoms with Crippen LogP contribution in [-0.4, -0.2) is 32.2 Å². The van der Waals surface area contributed by atoms with Gasteiger partial charge in [0.05, 0.1) is 17.0 Å². The first-order chi connectivity index (χ1) is 9.29. The van der Waals surface area contributed by atoms with Crippen molar-refractivity contribution in [1.82, 2.24) is 5.32 Å². The van der Waals surface area contributed by atoms with Gasteiger partial charge >= 0.3 is 0 Å². The standard InChI is InChI=1S/C14H18N2O2S/c15-5-1-2-13-8-12(10-19-13)14(17)16-9-11-3-6-18-7-4-11/h8,10-11H,3-7,9,15H2,(H,16,17). The SMILES string of the molecule is NCC#Cc1cc(C(=O)NCC2CCOCC2)cs1. The molecular weight excluding hydrogens is 260 g/mol. The molecule has 0 bridgehead atoms. The summed E-state index contributed by atoms with van der Waals surface area (Å²) in [6.45, 7) is 2.67. The van der Waals surface area contributed by atoms with E-state index in [4.69, 9.17) is 10.5 Å². The number of carbonyl (C=O) groups excluding carboxylic acids is 1. The van der Waals surface area contributed by atoms with Crippen LogP contribution in [0.4, 0.5) is 0 Å². The van der Waals surface area contributed by atoms with Gasteiger partial charge in [0.2, 0.25) is 0 Å². The summed E-state index contributed by atoms with van der Waals surface area (Å²) in [5.74, 6) is 6.23. The van der Waals surface area contributed by atoms with Crippen LogP contribution < -0.4 is 11.1 Å². The van der Waals surface area contributed by atoms with E-state index in [-0.39, 0.29) is 5.91 Å². The smallest absolute Gasteiger partial charge is 0.252 e. The van der Waals surface area contributed by atoms with E-state index >= 15 is 0 Å². The van der Waals surface area contributed by atoms with Crippen LogP contribution in [-0.2, 0) is 4.74 Å². The van der Waals surface area contributed by atoms with Crippen molar-refractivity contribution in [2.24, 2.45) is 11.7 Å². The molecule has 2 rings (SSSR count). The summed E-state index contributed by atoms with van der Waals surface area (Å²) < 4.78 is 5.30. The van der Waals surface area contributed by atoms with Crippen LogP contribution in [0, 0.1) is 17.8 Å². The van der Waals surface area contributed by atoms with Crippen LogP contribution in [0.5, 0.6) is 0 Å². The summed E-state index contributed by atoms with van der Waals surface area (Å²) in [6, 6.07) is 1.81. The van der Waals surface area contributed by atoms with Crippen LogP contribution in [0.25, 0.3) is 0 Å². The Balaban J connectivity index is 1.83. The van der Waals surface area contributed by atoms with Gasteiger partial charge in [-0.15, -0.1) is 11.3 Å². The predicted octanol–water partition coefficient (Wildman–Crippen LogP) is 1.21. The molecule has 102 valence electrons. The summed E-state index contributed by atoms with van der Waals surface area (Å²) >= 11 is 1.47. The van der Waals surface area contributed by atoms with Crippen LogP contribution in [0.1, 0.15) is 28.1 Å². The maximum absolute atomic E-state index is 12.0. The molecule has 5 heteroatoms. The van der Waals surface area contributed by atoms with Gasteiger partial charge in [0.15, 0.2) is 0 Å². The molecule has 0 radical (unpaired) electrons. The molecule has 4 nitrogen and oxygen atoms in total. The molecule has 0 unspecified atom stereocenters. The topological polar surface area (TPSA) is 64.4 Å². The molecule has 3 N–H and O–H groups in total. The molecule has 0 atom stereocenters. The average molecular weight is 278 g/mol. The summed E-state index contributed by atoms with van der Waals surface area (Å²) in [5, 5.41) is 4.81. The normalized spacial score (nSPS) is 15.6. The van der Waals surface area contributed by atoms with Gasteiger partial charge in [-0.2, -0.15) is 0 Å². The van der Waals surface area contributed by atoms with Gasteiger partial charge in [-0.25, -0.2) is 0 Å². The van der Waals surface area contributed by atoms with E-state index in [1.54, 1.807) is 0 Å². The zero-order valence-electron chi connectivity index (χ0n) is 10.8. The minimum Gasteiger partial charge on any atom is -0.381 e. The lowest BCUT2D eigenvalue weighted by molar-refractivity contribution is 0.0643. The lowest BCUT2D eigenvalue weighted by Crippen LogP contribution is -2.31. The van der Waals surface area contributed by atoms with E-state index in [0.29, 0.717) is 18.0 Å². The minimum absolute atomic E-state index is 0.0245. The highest BCUT2D eigenvalue weighted by molar-refractivity contribution is 7.10. The van der Waals surface area contributed by atoms with E-state index in [9.17, 15) is 4.79 Å². The second kappa shape index (κ2) is 7.29. The third-order valence-electron chi connectivity index (χ3n) is 3.07. The molecule has 2 heterocycles. The van der Waals surface area contributed by atoms with Crippen molar-refractivity contribution in [2.45, 2.75) is 12.8 Å². The van der Waals surface area contributed by atoms with Crippen molar-refractivity contribution in [3.05, 3.63) is 21.9 Å². The fourth-order valence-corrected chi connectivity index (χ4v) is 2.70. The van der Waals surface area contributed by atoms with Crippen molar-refractivity contribution >= 4 is 17.2 Å². The number of ether oxygens (including phenoxy) is 1. The molecule has 1 saturated heterocycles. The van der Waals surface area contributed by atoms with Gasteiger partial charge in [-0.3, -0.25) is 4.79 Å². The molecule has 1 amide bonds. The van der Waals surface area contributed by atoms with Gasteiger partial charge in [-0.1, -0.05) is 11.8 Å². The van der Waals surface area contributed by atoms with E-state index < -0.39 is 0 Å². The molecule has 1 aromatic rings. The van der Waals surface area contributed by atoms with Gasteiger partial charge in [-0.05, 0) is 24.8 Å². The van der Waals surface area contributed by atoms with Crippen molar-refractivity contribution in [1.29, 1.82) is 0 Å². The fraction of sp³-hybridized carbons (Fsp3) is 0.500. The Bertz CT molecular complexity index is 481. The van der Waals surface area contributed by atoms with Crippen LogP contribution >= 0.6 is 11.3 Å². The first-order valence-corrected chi connectivity index (χ1v) is 7.31. The Morgan fingerprint density at radius 2 is 2.32 bits per heavy atom. The van der Waals surface area contributed by atoms with Crippen molar-refractivity contribution in [2.75, 3.05) is 26.3 Å². The van der Waals surface area contributed by atoms with Crippen LogP contribution in [0.2, 0.25) is 0 Å². The van der Waals surface area contributed by atoms with Crippen LogP contribution in [0.15, 0.2) is 11.4 Å². The second-order valence-electron chi connectivity index (χ2n) is 4.47. The second-order valence-corrected chi connectivity index (χ2v) is 5.38. The number of nitrogens with one attached hydrogen (secondary N) is 1. The summed E-state index contributed by atoms with van der Waals surface area (Å²) in [7, 11) is 0. The zero-order chi connectivity index (χ0) is 13.5. The predicted molar refractivity (Wildman–Crippen MR) is 76.1 cm³/mol. The van der Waals surface area contributed by atoms with E-state index in [2.05, 4.69) is 17.2 Å². The first kappa shape index (κ1) is 14.1. The number of amides is 1. The van der Waals surface area contributed by atoms with Gasteiger partial charge in [0.25, 0.3) is 5.91 Å². The highest BCUT2D eigenvalue weighted by Crippen LogP contribution is 2.15. The van der Waals surface area contributed by atoms with Gasteiger partial charge in [0, 0.05) is 25.1 Å². The van der Waals surface area contributed by atoms with Crippen molar-refractivity contribution in [3.63, 3.8) is 0 Å². The monoisotopic (exact) mass is 278 g/mol. The van der Waals surface area contributed by atoms with E-state index in [1.165, 1.54) is 11.3 Å². The van der Waals surface area contributed by atoms with Gasteiger partial charge < -0.3 is 15.8 Å². The highest BCUT2D eigenvalue weighted by Gasteiger charge is 2.15. The molecule has 0 spiro atoms. The van der Waals surface area contributed by atoms with Crippen molar-refractivity contribution < 1.29 is 9.53 Å². The fourth-order valence-electron chi connectivity index (χ4n) is 1.95. The number of hydrogen-bond donors (Lipinski definition) is 2. The molecule has 1 aliphatic rings. The Morgan fingerprint density at radius 3 is 3.05 bits per heavy atom. The number of thiophene rings is 1. The maximum Gasteiger partial charge on any atom is 0.252 e. The summed E-state index contributed by atoms with van der Waals surface area (Å²) in [6.07, 6.45) is 2.05. The summed E-state index contributed by atoms with van der Waals surface area (Å²) in [5.41, 5.74) is 5.99. The number of hydrogen-bond acceptors (Lipinski definition) is 4. The Labute approximate surface area is 117 Å². The van der Waals surface area contributed by atoms with Crippen molar-refractivity contribution in [3.8, 4) is 11.8 Å².